The summed E-state index contributed by atoms with van der Waals surface area (Å²) in [7, 11) is 2.92. The number of fused-ring (bicyclic) bond motifs is 1. The van der Waals surface area contributed by atoms with Crippen LogP contribution in [0, 0.1) is 6.92 Å². The molecule has 0 aliphatic rings. The van der Waals surface area contributed by atoms with Crippen molar-refractivity contribution in [1.82, 2.24) is 4.98 Å². The number of hydrogen-bond acceptors (Lipinski definition) is 5. The molecule has 5 nitrogen and oxygen atoms in total. The smallest absolute Gasteiger partial charge is 0.356 e. The third kappa shape index (κ3) is 3.37. The molecule has 1 aromatic heterocycles. The number of halogens is 1. The minimum atomic E-state index is -0.494. The number of rotatable bonds is 4. The molecule has 128 valence electrons. The van der Waals surface area contributed by atoms with Crippen molar-refractivity contribution in [2.24, 2.45) is 0 Å². The highest BCUT2D eigenvalue weighted by Crippen LogP contribution is 2.34. The lowest BCUT2D eigenvalue weighted by Gasteiger charge is -2.15. The van der Waals surface area contributed by atoms with Crippen LogP contribution in [0.5, 0.6) is 5.75 Å². The van der Waals surface area contributed by atoms with E-state index in [9.17, 15) is 4.79 Å². The molecule has 1 heterocycles. The minimum Gasteiger partial charge on any atom is -0.495 e. The quantitative estimate of drug-likeness (QED) is 0.684. The predicted octanol–water partition coefficient (Wildman–Crippen LogP) is 4.74. The first-order valence-electron chi connectivity index (χ1n) is 7.62. The molecule has 0 unspecified atom stereocenters. The molecule has 0 radical (unpaired) electrons. The van der Waals surface area contributed by atoms with Gasteiger partial charge in [-0.25, -0.2) is 9.78 Å². The first-order valence-corrected chi connectivity index (χ1v) is 8.00. The number of methoxy groups -OCH3 is 2. The molecule has 0 fully saturated rings. The lowest BCUT2D eigenvalue weighted by atomic mass is 10.1. The van der Waals surface area contributed by atoms with Crippen molar-refractivity contribution in [3.63, 3.8) is 0 Å². The summed E-state index contributed by atoms with van der Waals surface area (Å²) in [6, 6.07) is 12.8. The van der Waals surface area contributed by atoms with Gasteiger partial charge in [-0.2, -0.15) is 0 Å². The zero-order chi connectivity index (χ0) is 18.0. The molecule has 0 amide bonds. The van der Waals surface area contributed by atoms with Gasteiger partial charge < -0.3 is 14.8 Å². The Hall–Kier alpha value is -2.79. The standard InChI is InChI=1S/C19H17ClN2O3/c1-11-5-4-6-13-14(10-16(19(23)25-3)22-18(11)13)21-15-9-12(20)7-8-17(15)24-2/h4-10H,1-3H3,(H,21,22). The molecule has 0 spiro atoms. The molecule has 25 heavy (non-hydrogen) atoms. The second-order valence-corrected chi connectivity index (χ2v) is 5.92. The first kappa shape index (κ1) is 17.0. The van der Waals surface area contributed by atoms with Crippen LogP contribution in [0.2, 0.25) is 5.02 Å². The van der Waals surface area contributed by atoms with E-state index in [0.717, 1.165) is 22.2 Å². The number of hydrogen-bond donors (Lipinski definition) is 1. The number of nitrogens with zero attached hydrogens (tertiary/aromatic N) is 1. The maximum absolute atomic E-state index is 12.0. The van der Waals surface area contributed by atoms with E-state index in [1.165, 1.54) is 7.11 Å². The Labute approximate surface area is 150 Å². The predicted molar refractivity (Wildman–Crippen MR) is 99.1 cm³/mol. The average Bonchev–Trinajstić information content (AvgIpc) is 2.62. The van der Waals surface area contributed by atoms with Crippen molar-refractivity contribution in [3.8, 4) is 5.75 Å². The molecule has 0 atom stereocenters. The van der Waals surface area contributed by atoms with Crippen molar-refractivity contribution in [1.29, 1.82) is 0 Å². The summed E-state index contributed by atoms with van der Waals surface area (Å²) in [6.45, 7) is 1.94. The van der Waals surface area contributed by atoms with E-state index < -0.39 is 5.97 Å². The van der Waals surface area contributed by atoms with Gasteiger partial charge in [0.1, 0.15) is 5.75 Å². The van der Waals surface area contributed by atoms with Crippen molar-refractivity contribution < 1.29 is 14.3 Å². The molecular weight excluding hydrogens is 340 g/mol. The van der Waals surface area contributed by atoms with Crippen LogP contribution >= 0.6 is 11.6 Å². The summed E-state index contributed by atoms with van der Waals surface area (Å²) in [5, 5.41) is 4.76. The molecular formula is C19H17ClN2O3. The monoisotopic (exact) mass is 356 g/mol. The summed E-state index contributed by atoms with van der Waals surface area (Å²) in [5.74, 6) is 0.146. The first-order chi connectivity index (χ1) is 12.0. The maximum atomic E-state index is 12.0. The molecule has 2 aromatic carbocycles. The van der Waals surface area contributed by atoms with Crippen LogP contribution in [-0.2, 0) is 4.74 Å². The summed E-state index contributed by atoms with van der Waals surface area (Å²) in [4.78, 5) is 16.4. The zero-order valence-electron chi connectivity index (χ0n) is 14.1. The highest BCUT2D eigenvalue weighted by atomic mass is 35.5. The number of nitrogens with one attached hydrogen (secondary N) is 1. The fraction of sp³-hybridized carbons (Fsp3) is 0.158. The molecule has 0 saturated carbocycles. The molecule has 0 aliphatic carbocycles. The Kier molecular flexibility index (Phi) is 4.76. The highest BCUT2D eigenvalue weighted by molar-refractivity contribution is 6.31. The fourth-order valence-electron chi connectivity index (χ4n) is 2.63. The van der Waals surface area contributed by atoms with Gasteiger partial charge in [-0.05, 0) is 36.8 Å². The Balaban J connectivity index is 2.19. The Morgan fingerprint density at radius 1 is 1.12 bits per heavy atom. The van der Waals surface area contributed by atoms with Gasteiger partial charge in [-0.15, -0.1) is 0 Å². The Morgan fingerprint density at radius 3 is 2.64 bits per heavy atom. The van der Waals surface area contributed by atoms with Gasteiger partial charge in [0, 0.05) is 10.4 Å². The molecule has 6 heteroatoms. The number of carbonyl (C=O) groups is 1. The van der Waals surface area contributed by atoms with Crippen molar-refractivity contribution in [2.75, 3.05) is 19.5 Å². The lowest BCUT2D eigenvalue weighted by Crippen LogP contribution is -2.06. The van der Waals surface area contributed by atoms with Crippen LogP contribution < -0.4 is 10.1 Å². The van der Waals surface area contributed by atoms with E-state index in [1.807, 2.05) is 25.1 Å². The van der Waals surface area contributed by atoms with Crippen LogP contribution in [0.25, 0.3) is 10.9 Å². The van der Waals surface area contributed by atoms with Crippen molar-refractivity contribution >= 4 is 39.8 Å². The number of aryl methyl sites for hydroxylation is 1. The number of carbonyl (C=O) groups excluding carboxylic acids is 1. The molecule has 0 saturated heterocycles. The van der Waals surface area contributed by atoms with Gasteiger partial charge in [0.2, 0.25) is 0 Å². The van der Waals surface area contributed by atoms with E-state index >= 15 is 0 Å². The highest BCUT2D eigenvalue weighted by Gasteiger charge is 2.15. The van der Waals surface area contributed by atoms with Crippen LogP contribution in [-0.4, -0.2) is 25.2 Å². The zero-order valence-corrected chi connectivity index (χ0v) is 14.8. The van der Waals surface area contributed by atoms with Crippen molar-refractivity contribution in [2.45, 2.75) is 6.92 Å². The van der Waals surface area contributed by atoms with Gasteiger partial charge >= 0.3 is 5.97 Å². The van der Waals surface area contributed by atoms with Crippen LogP contribution in [0.3, 0.4) is 0 Å². The topological polar surface area (TPSA) is 60.5 Å². The van der Waals surface area contributed by atoms with Crippen LogP contribution in [0.1, 0.15) is 16.1 Å². The number of para-hydroxylation sites is 1. The number of benzene rings is 2. The number of anilines is 2. The van der Waals surface area contributed by atoms with E-state index in [2.05, 4.69) is 10.3 Å². The van der Waals surface area contributed by atoms with Gasteiger partial charge in [0.05, 0.1) is 31.1 Å². The van der Waals surface area contributed by atoms with E-state index in [1.54, 1.807) is 31.4 Å². The third-order valence-electron chi connectivity index (χ3n) is 3.87. The van der Waals surface area contributed by atoms with E-state index in [-0.39, 0.29) is 5.69 Å². The largest absolute Gasteiger partial charge is 0.495 e. The molecule has 1 N–H and O–H groups in total. The van der Waals surface area contributed by atoms with Crippen molar-refractivity contribution in [3.05, 3.63) is 58.7 Å². The number of ether oxygens (including phenoxy) is 2. The Morgan fingerprint density at radius 2 is 1.92 bits per heavy atom. The number of aromatic nitrogens is 1. The van der Waals surface area contributed by atoms with Crippen LogP contribution in [0.4, 0.5) is 11.4 Å². The molecule has 0 bridgehead atoms. The average molecular weight is 357 g/mol. The lowest BCUT2D eigenvalue weighted by molar-refractivity contribution is 0.0594. The van der Waals surface area contributed by atoms with Gasteiger partial charge in [-0.1, -0.05) is 29.8 Å². The van der Waals surface area contributed by atoms with Gasteiger partial charge in [-0.3, -0.25) is 0 Å². The van der Waals surface area contributed by atoms with Gasteiger partial charge in [0.15, 0.2) is 5.69 Å². The van der Waals surface area contributed by atoms with Crippen LogP contribution in [0.15, 0.2) is 42.5 Å². The van der Waals surface area contributed by atoms with Gasteiger partial charge in [0.25, 0.3) is 0 Å². The minimum absolute atomic E-state index is 0.229. The third-order valence-corrected chi connectivity index (χ3v) is 4.10. The number of pyridine rings is 1. The SMILES string of the molecule is COC(=O)c1cc(Nc2cc(Cl)ccc2OC)c2cccc(C)c2n1. The molecule has 3 rings (SSSR count). The summed E-state index contributed by atoms with van der Waals surface area (Å²) in [6.07, 6.45) is 0. The molecule has 3 aromatic rings. The van der Waals surface area contributed by atoms with E-state index in [4.69, 9.17) is 21.1 Å². The normalized spacial score (nSPS) is 10.6. The fourth-order valence-corrected chi connectivity index (χ4v) is 2.80. The second kappa shape index (κ2) is 6.99. The summed E-state index contributed by atoms with van der Waals surface area (Å²) < 4.78 is 10.2. The number of esters is 1. The molecule has 0 aliphatic heterocycles. The maximum Gasteiger partial charge on any atom is 0.356 e. The summed E-state index contributed by atoms with van der Waals surface area (Å²) in [5.41, 5.74) is 3.33. The summed E-state index contributed by atoms with van der Waals surface area (Å²) >= 11 is 6.11. The van der Waals surface area contributed by atoms with E-state index in [0.29, 0.717) is 16.5 Å². The Bertz CT molecular complexity index is 957. The second-order valence-electron chi connectivity index (χ2n) is 5.49.